The van der Waals surface area contributed by atoms with E-state index in [1.54, 1.807) is 12.1 Å². The van der Waals surface area contributed by atoms with Crippen LogP contribution < -0.4 is 10.6 Å². The zero-order chi connectivity index (χ0) is 17.5. The highest BCUT2D eigenvalue weighted by atomic mass is 19.1. The molecule has 2 amide bonds. The van der Waals surface area contributed by atoms with Crippen molar-refractivity contribution in [2.75, 3.05) is 45.6 Å². The summed E-state index contributed by atoms with van der Waals surface area (Å²) < 4.78 is 13.5. The molecule has 1 aromatic carbocycles. The molecule has 0 spiro atoms. The number of anilines is 1. The van der Waals surface area contributed by atoms with Gasteiger partial charge in [-0.1, -0.05) is 6.07 Å². The molecule has 1 aliphatic heterocycles. The maximum Gasteiger partial charge on any atom is 0.317 e. The summed E-state index contributed by atoms with van der Waals surface area (Å²) in [6, 6.07) is 6.61. The van der Waals surface area contributed by atoms with Gasteiger partial charge < -0.3 is 20.4 Å². The third-order valence-electron chi connectivity index (χ3n) is 4.26. The number of hydrogen-bond donors (Lipinski definition) is 2. The van der Waals surface area contributed by atoms with Gasteiger partial charge in [-0.2, -0.15) is 5.26 Å². The second-order valence-electron chi connectivity index (χ2n) is 6.14. The highest BCUT2D eigenvalue weighted by Gasteiger charge is 2.24. The Morgan fingerprint density at radius 1 is 1.46 bits per heavy atom. The van der Waals surface area contributed by atoms with E-state index in [1.165, 1.54) is 6.07 Å². The molecule has 0 bridgehead atoms. The number of urea groups is 1. The van der Waals surface area contributed by atoms with Crippen molar-refractivity contribution in [3.63, 3.8) is 0 Å². The molecular weight excluding hydrogens is 309 g/mol. The summed E-state index contributed by atoms with van der Waals surface area (Å²) in [6.07, 6.45) is 2.11. The quantitative estimate of drug-likeness (QED) is 0.807. The molecule has 2 N–H and O–H groups in total. The smallest absolute Gasteiger partial charge is 0.317 e. The van der Waals surface area contributed by atoms with Gasteiger partial charge >= 0.3 is 6.03 Å². The van der Waals surface area contributed by atoms with E-state index >= 15 is 0 Å². The zero-order valence-electron chi connectivity index (χ0n) is 14.2. The van der Waals surface area contributed by atoms with Crippen molar-refractivity contribution in [2.45, 2.75) is 18.9 Å². The normalized spacial score (nSPS) is 17.5. The average Bonchev–Trinajstić information content (AvgIpc) is 2.58. The van der Waals surface area contributed by atoms with Gasteiger partial charge in [0.05, 0.1) is 5.69 Å². The summed E-state index contributed by atoms with van der Waals surface area (Å²) in [5.74, 6) is -0.547. The SMILES string of the molecule is CN(C)C1CCCN(C(=O)NCCNc2cccc(F)c2C#N)C1. The van der Waals surface area contributed by atoms with Gasteiger partial charge in [0.15, 0.2) is 0 Å². The fraction of sp³-hybridized carbons (Fsp3) is 0.529. The van der Waals surface area contributed by atoms with Gasteiger partial charge in [-0.25, -0.2) is 9.18 Å². The summed E-state index contributed by atoms with van der Waals surface area (Å²) in [6.45, 7) is 2.33. The minimum atomic E-state index is -0.547. The van der Waals surface area contributed by atoms with Crippen LogP contribution in [0.25, 0.3) is 0 Å². The van der Waals surface area contributed by atoms with Crippen LogP contribution in [0.3, 0.4) is 0 Å². The summed E-state index contributed by atoms with van der Waals surface area (Å²) >= 11 is 0. The molecule has 0 aliphatic carbocycles. The predicted molar refractivity (Wildman–Crippen MR) is 91.3 cm³/mol. The molecule has 0 radical (unpaired) electrons. The Morgan fingerprint density at radius 2 is 2.25 bits per heavy atom. The van der Waals surface area contributed by atoms with E-state index in [2.05, 4.69) is 15.5 Å². The first-order valence-corrected chi connectivity index (χ1v) is 8.14. The molecule has 1 saturated heterocycles. The highest BCUT2D eigenvalue weighted by molar-refractivity contribution is 5.74. The van der Waals surface area contributed by atoms with Crippen LogP contribution in [0.15, 0.2) is 18.2 Å². The van der Waals surface area contributed by atoms with Gasteiger partial charge in [-0.15, -0.1) is 0 Å². The number of nitrogens with one attached hydrogen (secondary N) is 2. The molecule has 1 fully saturated rings. The highest BCUT2D eigenvalue weighted by Crippen LogP contribution is 2.17. The second kappa shape index (κ2) is 8.50. The molecule has 2 rings (SSSR count). The van der Waals surface area contributed by atoms with Crippen molar-refractivity contribution in [1.29, 1.82) is 5.26 Å². The summed E-state index contributed by atoms with van der Waals surface area (Å²) in [5, 5.41) is 14.8. The van der Waals surface area contributed by atoms with E-state index in [4.69, 9.17) is 5.26 Å². The number of likely N-dealkylation sites (N-methyl/N-ethyl adjacent to an activating group) is 1. The molecule has 24 heavy (non-hydrogen) atoms. The van der Waals surface area contributed by atoms with Gasteiger partial charge in [-0.05, 0) is 39.1 Å². The molecule has 0 aromatic heterocycles. The lowest BCUT2D eigenvalue weighted by Gasteiger charge is -2.36. The number of carbonyl (C=O) groups is 1. The number of amides is 2. The fourth-order valence-corrected chi connectivity index (χ4v) is 2.82. The molecule has 130 valence electrons. The van der Waals surface area contributed by atoms with Gasteiger partial charge in [0.1, 0.15) is 17.4 Å². The van der Waals surface area contributed by atoms with Crippen LogP contribution in [0.4, 0.5) is 14.9 Å². The third kappa shape index (κ3) is 4.59. The number of hydrogen-bond acceptors (Lipinski definition) is 4. The minimum absolute atomic E-state index is 0.00585. The number of nitrogens with zero attached hydrogens (tertiary/aromatic N) is 3. The number of nitriles is 1. The van der Waals surface area contributed by atoms with E-state index in [0.717, 1.165) is 25.9 Å². The van der Waals surface area contributed by atoms with Crippen LogP contribution in [0.2, 0.25) is 0 Å². The maximum atomic E-state index is 13.5. The Balaban J connectivity index is 1.77. The first-order valence-electron chi connectivity index (χ1n) is 8.14. The number of piperidine rings is 1. The monoisotopic (exact) mass is 333 g/mol. The Kier molecular flexibility index (Phi) is 6.38. The third-order valence-corrected chi connectivity index (χ3v) is 4.26. The van der Waals surface area contributed by atoms with E-state index in [1.807, 2.05) is 25.1 Å². The van der Waals surface area contributed by atoms with Crippen molar-refractivity contribution >= 4 is 11.7 Å². The van der Waals surface area contributed by atoms with Crippen LogP contribution >= 0.6 is 0 Å². The Labute approximate surface area is 142 Å². The lowest BCUT2D eigenvalue weighted by molar-refractivity contribution is 0.140. The van der Waals surface area contributed by atoms with E-state index in [0.29, 0.717) is 24.8 Å². The van der Waals surface area contributed by atoms with Gasteiger partial charge in [-0.3, -0.25) is 0 Å². The molecular formula is C17H24FN5O. The average molecular weight is 333 g/mol. The molecule has 1 aliphatic rings. The van der Waals surface area contributed by atoms with E-state index < -0.39 is 5.82 Å². The number of halogens is 1. The zero-order valence-corrected chi connectivity index (χ0v) is 14.2. The van der Waals surface area contributed by atoms with Crippen LogP contribution in [0, 0.1) is 17.1 Å². The van der Waals surface area contributed by atoms with Crippen molar-refractivity contribution in [2.24, 2.45) is 0 Å². The number of rotatable bonds is 5. The van der Waals surface area contributed by atoms with Crippen LogP contribution in [0.5, 0.6) is 0 Å². The summed E-state index contributed by atoms with van der Waals surface area (Å²) in [5.41, 5.74) is 0.436. The summed E-state index contributed by atoms with van der Waals surface area (Å²) in [7, 11) is 4.06. The van der Waals surface area contributed by atoms with Gasteiger partial charge in [0.2, 0.25) is 0 Å². The van der Waals surface area contributed by atoms with E-state index in [9.17, 15) is 9.18 Å². The molecule has 0 saturated carbocycles. The lowest BCUT2D eigenvalue weighted by atomic mass is 10.1. The second-order valence-corrected chi connectivity index (χ2v) is 6.14. The Hall–Kier alpha value is -2.33. The van der Waals surface area contributed by atoms with Crippen molar-refractivity contribution in [3.8, 4) is 6.07 Å². The van der Waals surface area contributed by atoms with Crippen molar-refractivity contribution in [3.05, 3.63) is 29.6 Å². The first-order chi connectivity index (χ1) is 11.5. The maximum absolute atomic E-state index is 13.5. The number of carbonyl (C=O) groups excluding carboxylic acids is 1. The van der Waals surface area contributed by atoms with Gasteiger partial charge in [0, 0.05) is 32.2 Å². The van der Waals surface area contributed by atoms with Crippen LogP contribution in [-0.4, -0.2) is 62.1 Å². The molecule has 6 nitrogen and oxygen atoms in total. The number of benzene rings is 1. The summed E-state index contributed by atoms with van der Waals surface area (Å²) in [4.78, 5) is 16.2. The van der Waals surface area contributed by atoms with E-state index in [-0.39, 0.29) is 11.6 Å². The van der Waals surface area contributed by atoms with Gasteiger partial charge in [0.25, 0.3) is 0 Å². The molecule has 1 unspecified atom stereocenters. The van der Waals surface area contributed by atoms with Crippen molar-refractivity contribution in [1.82, 2.24) is 15.1 Å². The largest absolute Gasteiger partial charge is 0.382 e. The van der Waals surface area contributed by atoms with Crippen molar-refractivity contribution < 1.29 is 9.18 Å². The molecule has 1 aromatic rings. The predicted octanol–water partition coefficient (Wildman–Crippen LogP) is 1.84. The van der Waals surface area contributed by atoms with Crippen LogP contribution in [0.1, 0.15) is 18.4 Å². The first kappa shape index (κ1) is 18.0. The topological polar surface area (TPSA) is 71.4 Å². The number of likely N-dealkylation sites (tertiary alicyclic amines) is 1. The lowest BCUT2D eigenvalue weighted by Crippen LogP contribution is -2.51. The fourth-order valence-electron chi connectivity index (χ4n) is 2.82. The molecule has 1 atom stereocenters. The standard InChI is InChI=1S/C17H24FN5O/c1-22(2)13-5-4-10-23(12-13)17(24)21-9-8-20-16-7-3-6-15(18)14(16)11-19/h3,6-7,13,20H,4-5,8-10,12H2,1-2H3,(H,21,24). The Bertz CT molecular complexity index is 613. The molecule has 7 heteroatoms. The minimum Gasteiger partial charge on any atom is -0.382 e. The Morgan fingerprint density at radius 3 is 2.96 bits per heavy atom. The molecule has 1 heterocycles. The van der Waals surface area contributed by atoms with Crippen LogP contribution in [-0.2, 0) is 0 Å².